The second-order valence-corrected chi connectivity index (χ2v) is 8.99. The molecule has 0 atom stereocenters. The first kappa shape index (κ1) is 19.7. The van der Waals surface area contributed by atoms with Crippen molar-refractivity contribution in [1.29, 1.82) is 0 Å². The molecule has 3 rings (SSSR count). The van der Waals surface area contributed by atoms with Crippen molar-refractivity contribution in [3.8, 4) is 11.5 Å². The Balaban J connectivity index is 1.97. The van der Waals surface area contributed by atoms with E-state index in [-0.39, 0.29) is 5.91 Å². The molecule has 0 unspecified atom stereocenters. The van der Waals surface area contributed by atoms with Gasteiger partial charge in [0.2, 0.25) is 0 Å². The molecule has 0 aliphatic carbocycles. The summed E-state index contributed by atoms with van der Waals surface area (Å²) in [5.41, 5.74) is 1.59. The van der Waals surface area contributed by atoms with Crippen molar-refractivity contribution in [2.75, 3.05) is 19.1 Å². The number of hydrogen-bond acceptors (Lipinski definition) is 5. The van der Waals surface area contributed by atoms with Gasteiger partial charge in [-0.3, -0.25) is 9.69 Å². The zero-order valence-electron chi connectivity index (χ0n) is 13.8. The van der Waals surface area contributed by atoms with Gasteiger partial charge in [0.15, 0.2) is 15.8 Å². The average molecular weight is 562 g/mol. The van der Waals surface area contributed by atoms with E-state index in [1.54, 1.807) is 19.1 Å². The van der Waals surface area contributed by atoms with Gasteiger partial charge in [-0.25, -0.2) is 0 Å². The van der Waals surface area contributed by atoms with Gasteiger partial charge in [-0.1, -0.05) is 46.0 Å². The molecule has 1 aliphatic heterocycles. The Bertz CT molecular complexity index is 933. The number of methoxy groups -OCH3 is 2. The fourth-order valence-electron chi connectivity index (χ4n) is 2.48. The topological polar surface area (TPSA) is 38.8 Å². The zero-order chi connectivity index (χ0) is 18.8. The normalized spacial score (nSPS) is 15.7. The van der Waals surface area contributed by atoms with E-state index in [4.69, 9.17) is 21.7 Å². The third-order valence-electron chi connectivity index (χ3n) is 3.61. The van der Waals surface area contributed by atoms with Crippen LogP contribution in [-0.4, -0.2) is 24.4 Å². The van der Waals surface area contributed by atoms with Crippen LogP contribution < -0.4 is 14.4 Å². The van der Waals surface area contributed by atoms with Crippen molar-refractivity contribution in [1.82, 2.24) is 0 Å². The molecule has 134 valence electrons. The van der Waals surface area contributed by atoms with Gasteiger partial charge in [0.05, 0.1) is 28.4 Å². The average Bonchev–Trinajstić information content (AvgIpc) is 2.88. The van der Waals surface area contributed by atoms with Crippen LogP contribution in [0.2, 0.25) is 0 Å². The van der Waals surface area contributed by atoms with E-state index in [0.717, 1.165) is 19.3 Å². The number of thioether (sulfide) groups is 1. The molecule has 2 aromatic rings. The van der Waals surface area contributed by atoms with Crippen LogP contribution >= 0.6 is 62.5 Å². The standard InChI is InChI=1S/C18H13BrINO3S2/c1-23-14-7-10(6-13(20)16(14)24-2)8-15-17(22)21(18(25)26-15)12-5-3-4-11(19)9-12/h3-9H,1-2H3/b15-8+. The fraction of sp³-hybridized carbons (Fsp3) is 0.111. The summed E-state index contributed by atoms with van der Waals surface area (Å²) in [4.78, 5) is 15.0. The summed E-state index contributed by atoms with van der Waals surface area (Å²) in [6.45, 7) is 0. The fourth-order valence-corrected chi connectivity index (χ4v) is 5.01. The van der Waals surface area contributed by atoms with Crippen LogP contribution in [0.1, 0.15) is 5.56 Å². The highest BCUT2D eigenvalue weighted by Crippen LogP contribution is 2.39. The molecule has 4 nitrogen and oxygen atoms in total. The predicted molar refractivity (Wildman–Crippen MR) is 122 cm³/mol. The van der Waals surface area contributed by atoms with Crippen LogP contribution in [0.4, 0.5) is 5.69 Å². The van der Waals surface area contributed by atoms with Crippen molar-refractivity contribution in [2.45, 2.75) is 0 Å². The summed E-state index contributed by atoms with van der Waals surface area (Å²) in [6.07, 6.45) is 1.82. The number of hydrogen-bond donors (Lipinski definition) is 0. The van der Waals surface area contributed by atoms with E-state index in [1.807, 2.05) is 42.5 Å². The van der Waals surface area contributed by atoms with E-state index >= 15 is 0 Å². The predicted octanol–water partition coefficient (Wildman–Crippen LogP) is 5.48. The molecule has 0 radical (unpaired) electrons. The maximum atomic E-state index is 12.9. The molecule has 0 aromatic heterocycles. The van der Waals surface area contributed by atoms with Gasteiger partial charge in [-0.2, -0.15) is 0 Å². The van der Waals surface area contributed by atoms with E-state index in [9.17, 15) is 4.79 Å². The maximum Gasteiger partial charge on any atom is 0.270 e. The van der Waals surface area contributed by atoms with E-state index in [1.165, 1.54) is 11.8 Å². The number of nitrogens with zero attached hydrogens (tertiary/aromatic N) is 1. The minimum absolute atomic E-state index is 0.136. The van der Waals surface area contributed by atoms with Crippen molar-refractivity contribution < 1.29 is 14.3 Å². The number of anilines is 1. The Morgan fingerprint density at radius 3 is 2.65 bits per heavy atom. The van der Waals surface area contributed by atoms with Crippen LogP contribution in [0.15, 0.2) is 45.8 Å². The molecule has 1 fully saturated rings. The lowest BCUT2D eigenvalue weighted by molar-refractivity contribution is -0.113. The Kier molecular flexibility index (Phi) is 6.26. The molecular weight excluding hydrogens is 549 g/mol. The summed E-state index contributed by atoms with van der Waals surface area (Å²) in [7, 11) is 3.19. The number of carbonyl (C=O) groups excluding carboxylic acids is 1. The lowest BCUT2D eigenvalue weighted by Gasteiger charge is -2.14. The highest BCUT2D eigenvalue weighted by molar-refractivity contribution is 14.1. The third kappa shape index (κ3) is 3.92. The molecule has 8 heteroatoms. The molecule has 1 saturated heterocycles. The summed E-state index contributed by atoms with van der Waals surface area (Å²) >= 11 is 12.3. The molecule has 2 aromatic carbocycles. The van der Waals surface area contributed by atoms with Crippen molar-refractivity contribution in [3.63, 3.8) is 0 Å². The van der Waals surface area contributed by atoms with Crippen molar-refractivity contribution in [3.05, 3.63) is 54.9 Å². The Morgan fingerprint density at radius 2 is 2.00 bits per heavy atom. The molecule has 0 bridgehead atoms. The van der Waals surface area contributed by atoms with Gasteiger partial charge >= 0.3 is 0 Å². The van der Waals surface area contributed by atoms with Gasteiger partial charge in [-0.05, 0) is 64.6 Å². The Labute approximate surface area is 183 Å². The van der Waals surface area contributed by atoms with Gasteiger partial charge in [-0.15, -0.1) is 0 Å². The van der Waals surface area contributed by atoms with Crippen LogP contribution in [-0.2, 0) is 4.79 Å². The number of carbonyl (C=O) groups is 1. The third-order valence-corrected chi connectivity index (χ3v) is 6.21. The number of benzene rings is 2. The summed E-state index contributed by atoms with van der Waals surface area (Å²) in [5, 5.41) is 0. The lowest BCUT2D eigenvalue weighted by Crippen LogP contribution is -2.27. The van der Waals surface area contributed by atoms with Crippen molar-refractivity contribution >= 4 is 84.5 Å². The van der Waals surface area contributed by atoms with Crippen molar-refractivity contribution in [2.24, 2.45) is 0 Å². The van der Waals surface area contributed by atoms with Crippen LogP contribution in [0.5, 0.6) is 11.5 Å². The first-order valence-corrected chi connectivity index (χ1v) is 10.5. The monoisotopic (exact) mass is 561 g/mol. The second-order valence-electron chi connectivity index (χ2n) is 5.24. The Hall–Kier alpha value is -1.10. The van der Waals surface area contributed by atoms with Gasteiger partial charge < -0.3 is 9.47 Å². The summed E-state index contributed by atoms with van der Waals surface area (Å²) < 4.78 is 13.0. The molecule has 1 amide bonds. The highest BCUT2D eigenvalue weighted by atomic mass is 127. The van der Waals surface area contributed by atoms with Crippen LogP contribution in [0, 0.1) is 3.57 Å². The first-order chi connectivity index (χ1) is 12.4. The molecule has 0 spiro atoms. The summed E-state index contributed by atoms with van der Waals surface area (Å²) in [5.74, 6) is 1.16. The lowest BCUT2D eigenvalue weighted by atomic mass is 10.2. The second kappa shape index (κ2) is 8.28. The van der Waals surface area contributed by atoms with Crippen LogP contribution in [0.25, 0.3) is 6.08 Å². The molecule has 0 saturated carbocycles. The minimum atomic E-state index is -0.136. The molecule has 26 heavy (non-hydrogen) atoms. The van der Waals surface area contributed by atoms with E-state index in [2.05, 4.69) is 38.5 Å². The Morgan fingerprint density at radius 1 is 1.23 bits per heavy atom. The first-order valence-electron chi connectivity index (χ1n) is 7.39. The molecule has 1 heterocycles. The van der Waals surface area contributed by atoms with Gasteiger partial charge in [0, 0.05) is 4.47 Å². The molecular formula is C18H13BrINO3S2. The van der Waals surface area contributed by atoms with E-state index in [0.29, 0.717) is 20.7 Å². The largest absolute Gasteiger partial charge is 0.493 e. The highest BCUT2D eigenvalue weighted by Gasteiger charge is 2.33. The number of rotatable bonds is 4. The number of ether oxygens (including phenoxy) is 2. The minimum Gasteiger partial charge on any atom is -0.493 e. The molecule has 1 aliphatic rings. The maximum absolute atomic E-state index is 12.9. The zero-order valence-corrected chi connectivity index (χ0v) is 19.2. The quantitative estimate of drug-likeness (QED) is 0.281. The van der Waals surface area contributed by atoms with Gasteiger partial charge in [0.1, 0.15) is 0 Å². The molecule has 0 N–H and O–H groups in total. The SMILES string of the molecule is COc1cc(/C=C2/SC(=S)N(c3cccc(Br)c3)C2=O)cc(I)c1OC. The summed E-state index contributed by atoms with van der Waals surface area (Å²) in [6, 6.07) is 11.3. The number of thiocarbonyl (C=S) groups is 1. The number of amides is 1. The smallest absolute Gasteiger partial charge is 0.270 e. The van der Waals surface area contributed by atoms with E-state index < -0.39 is 0 Å². The number of halogens is 2. The van der Waals surface area contributed by atoms with Gasteiger partial charge in [0.25, 0.3) is 5.91 Å². The van der Waals surface area contributed by atoms with Crippen LogP contribution in [0.3, 0.4) is 0 Å².